The maximum absolute atomic E-state index is 11.9. The number of rotatable bonds is 6. The number of aromatic nitrogens is 1. The molecular formula is C22H23N3O3S. The van der Waals surface area contributed by atoms with E-state index in [2.05, 4.69) is 15.0 Å². The van der Waals surface area contributed by atoms with Gasteiger partial charge in [-0.1, -0.05) is 18.2 Å². The number of nitrogens with zero attached hydrogens (tertiary/aromatic N) is 1. The first-order valence-corrected chi connectivity index (χ1v) is 11.3. The Balaban J connectivity index is 1.64. The molecule has 2 N–H and O–H groups in total. The highest BCUT2D eigenvalue weighted by atomic mass is 32.2. The molecule has 0 unspecified atom stereocenters. The smallest absolute Gasteiger partial charge is 0.232 e. The zero-order valence-corrected chi connectivity index (χ0v) is 17.2. The molecule has 0 aliphatic heterocycles. The van der Waals surface area contributed by atoms with E-state index in [4.69, 9.17) is 0 Å². The SMILES string of the molecule is CCS(=O)(=O)Nc1ccc(C)c(-c2ccc3cc(NC(=O)C4CC4)ncc3c2)c1. The predicted molar refractivity (Wildman–Crippen MR) is 116 cm³/mol. The maximum atomic E-state index is 11.9. The molecule has 0 atom stereocenters. The third-order valence-electron chi connectivity index (χ3n) is 5.12. The van der Waals surface area contributed by atoms with Crippen LogP contribution in [0.15, 0.2) is 48.7 Å². The van der Waals surface area contributed by atoms with E-state index in [0.717, 1.165) is 40.3 Å². The minimum atomic E-state index is -3.33. The quantitative estimate of drug-likeness (QED) is 0.635. The standard InChI is InChI=1S/C22H23N3O3S/c1-3-29(27,28)25-19-9-4-14(2)20(12-19)17-8-7-16-11-21(23-13-18(16)10-17)24-22(26)15-5-6-15/h4,7-13,15,25H,3,5-6H2,1-2H3,(H,23,24,26). The fourth-order valence-electron chi connectivity index (χ4n) is 3.20. The second-order valence-corrected chi connectivity index (χ2v) is 9.44. The van der Waals surface area contributed by atoms with Crippen molar-refractivity contribution in [2.24, 2.45) is 5.92 Å². The van der Waals surface area contributed by atoms with Gasteiger partial charge in [0.1, 0.15) is 5.82 Å². The number of hydrogen-bond donors (Lipinski definition) is 2. The summed E-state index contributed by atoms with van der Waals surface area (Å²) in [7, 11) is -3.33. The molecule has 0 radical (unpaired) electrons. The van der Waals surface area contributed by atoms with Crippen LogP contribution in [0.2, 0.25) is 0 Å². The normalized spacial score (nSPS) is 14.0. The number of benzene rings is 2. The zero-order chi connectivity index (χ0) is 20.6. The lowest BCUT2D eigenvalue weighted by atomic mass is 9.98. The first kappa shape index (κ1) is 19.4. The van der Waals surface area contributed by atoms with E-state index in [9.17, 15) is 13.2 Å². The Morgan fingerprint density at radius 1 is 1.10 bits per heavy atom. The number of sulfonamides is 1. The monoisotopic (exact) mass is 409 g/mol. The molecule has 1 fully saturated rings. The van der Waals surface area contributed by atoms with Crippen LogP contribution in [0.5, 0.6) is 0 Å². The van der Waals surface area contributed by atoms with Crippen molar-refractivity contribution in [2.45, 2.75) is 26.7 Å². The Hall–Kier alpha value is -2.93. The summed E-state index contributed by atoms with van der Waals surface area (Å²) in [6.45, 7) is 3.60. The van der Waals surface area contributed by atoms with Crippen LogP contribution < -0.4 is 10.0 Å². The van der Waals surface area contributed by atoms with Gasteiger partial charge in [0.2, 0.25) is 15.9 Å². The molecule has 1 aliphatic carbocycles. The van der Waals surface area contributed by atoms with Gasteiger partial charge in [-0.3, -0.25) is 9.52 Å². The Labute approximate surface area is 170 Å². The second-order valence-electron chi connectivity index (χ2n) is 7.43. The van der Waals surface area contributed by atoms with Gasteiger partial charge in [0.25, 0.3) is 0 Å². The van der Waals surface area contributed by atoms with Crippen LogP contribution in [0.25, 0.3) is 21.9 Å². The molecule has 1 aromatic heterocycles. The summed E-state index contributed by atoms with van der Waals surface area (Å²) in [5.74, 6) is 0.761. The van der Waals surface area contributed by atoms with E-state index >= 15 is 0 Å². The Morgan fingerprint density at radius 3 is 2.62 bits per heavy atom. The van der Waals surface area contributed by atoms with Crippen molar-refractivity contribution in [1.82, 2.24) is 4.98 Å². The van der Waals surface area contributed by atoms with Gasteiger partial charge < -0.3 is 5.32 Å². The van der Waals surface area contributed by atoms with E-state index < -0.39 is 10.0 Å². The van der Waals surface area contributed by atoms with Crippen molar-refractivity contribution in [3.8, 4) is 11.1 Å². The van der Waals surface area contributed by atoms with Gasteiger partial charge in [0.15, 0.2) is 0 Å². The van der Waals surface area contributed by atoms with Gasteiger partial charge in [0, 0.05) is 23.2 Å². The van der Waals surface area contributed by atoms with Crippen molar-refractivity contribution in [1.29, 1.82) is 0 Å². The number of carbonyl (C=O) groups excluding carboxylic acids is 1. The van der Waals surface area contributed by atoms with Gasteiger partial charge in [0.05, 0.1) is 5.75 Å². The Bertz CT molecular complexity index is 1200. The number of fused-ring (bicyclic) bond motifs is 1. The largest absolute Gasteiger partial charge is 0.310 e. The van der Waals surface area contributed by atoms with Crippen molar-refractivity contribution in [3.63, 3.8) is 0 Å². The number of anilines is 2. The highest BCUT2D eigenvalue weighted by Gasteiger charge is 2.29. The lowest BCUT2D eigenvalue weighted by Crippen LogP contribution is -2.14. The number of carbonyl (C=O) groups is 1. The molecule has 3 aromatic rings. The van der Waals surface area contributed by atoms with Gasteiger partial charge in [-0.2, -0.15) is 0 Å². The van der Waals surface area contributed by atoms with Crippen LogP contribution in [0.3, 0.4) is 0 Å². The minimum Gasteiger partial charge on any atom is -0.310 e. The summed E-state index contributed by atoms with van der Waals surface area (Å²) in [5, 5.41) is 4.80. The van der Waals surface area contributed by atoms with Crippen molar-refractivity contribution in [3.05, 3.63) is 54.2 Å². The summed E-state index contributed by atoms with van der Waals surface area (Å²) in [6, 6.07) is 13.4. The molecule has 1 saturated carbocycles. The molecule has 4 rings (SSSR count). The number of nitrogens with one attached hydrogen (secondary N) is 2. The average Bonchev–Trinajstić information content (AvgIpc) is 3.54. The highest BCUT2D eigenvalue weighted by molar-refractivity contribution is 7.92. The fourth-order valence-corrected chi connectivity index (χ4v) is 3.83. The predicted octanol–water partition coefficient (Wildman–Crippen LogP) is 4.32. The first-order chi connectivity index (χ1) is 13.8. The number of amides is 1. The zero-order valence-electron chi connectivity index (χ0n) is 16.4. The molecule has 0 spiro atoms. The molecular weight excluding hydrogens is 386 g/mol. The van der Waals surface area contributed by atoms with Gasteiger partial charge in [-0.15, -0.1) is 0 Å². The van der Waals surface area contributed by atoms with Gasteiger partial charge in [-0.05, 0) is 73.0 Å². The third-order valence-corrected chi connectivity index (χ3v) is 6.43. The topological polar surface area (TPSA) is 88.2 Å². The van der Waals surface area contributed by atoms with Crippen molar-refractivity contribution in [2.75, 3.05) is 15.8 Å². The van der Waals surface area contributed by atoms with E-state index in [1.54, 1.807) is 19.2 Å². The fraction of sp³-hybridized carbons (Fsp3) is 0.273. The van der Waals surface area contributed by atoms with Crippen LogP contribution in [0.4, 0.5) is 11.5 Å². The Kier molecular flexibility index (Phi) is 5.00. The van der Waals surface area contributed by atoms with E-state index in [1.165, 1.54) is 0 Å². The van der Waals surface area contributed by atoms with Crippen LogP contribution in [-0.4, -0.2) is 25.1 Å². The third kappa shape index (κ3) is 4.40. The summed E-state index contributed by atoms with van der Waals surface area (Å²) in [6.07, 6.45) is 3.66. The summed E-state index contributed by atoms with van der Waals surface area (Å²) < 4.78 is 26.4. The first-order valence-electron chi connectivity index (χ1n) is 9.67. The number of aryl methyl sites for hydroxylation is 1. The molecule has 1 aliphatic rings. The minimum absolute atomic E-state index is 0.0253. The molecule has 2 aromatic carbocycles. The molecule has 6 nitrogen and oxygen atoms in total. The van der Waals surface area contributed by atoms with Crippen LogP contribution in [0, 0.1) is 12.8 Å². The number of pyridine rings is 1. The lowest BCUT2D eigenvalue weighted by Gasteiger charge is -2.12. The van der Waals surface area contributed by atoms with Gasteiger partial charge >= 0.3 is 0 Å². The molecule has 0 bridgehead atoms. The maximum Gasteiger partial charge on any atom is 0.232 e. The number of hydrogen-bond acceptors (Lipinski definition) is 4. The molecule has 150 valence electrons. The molecule has 1 heterocycles. The van der Waals surface area contributed by atoms with E-state index in [1.807, 2.05) is 43.3 Å². The van der Waals surface area contributed by atoms with E-state index in [-0.39, 0.29) is 17.6 Å². The van der Waals surface area contributed by atoms with E-state index in [0.29, 0.717) is 11.5 Å². The van der Waals surface area contributed by atoms with Crippen LogP contribution >= 0.6 is 0 Å². The van der Waals surface area contributed by atoms with Crippen LogP contribution in [0.1, 0.15) is 25.3 Å². The molecule has 0 saturated heterocycles. The van der Waals surface area contributed by atoms with Crippen molar-refractivity contribution >= 4 is 38.2 Å². The summed E-state index contributed by atoms with van der Waals surface area (Å²) in [5.41, 5.74) is 3.52. The van der Waals surface area contributed by atoms with Gasteiger partial charge in [-0.25, -0.2) is 13.4 Å². The Morgan fingerprint density at radius 2 is 1.90 bits per heavy atom. The average molecular weight is 410 g/mol. The molecule has 7 heteroatoms. The summed E-state index contributed by atoms with van der Waals surface area (Å²) in [4.78, 5) is 16.3. The highest BCUT2D eigenvalue weighted by Crippen LogP contribution is 2.32. The second kappa shape index (κ2) is 7.48. The van der Waals surface area contributed by atoms with Crippen LogP contribution in [-0.2, 0) is 14.8 Å². The summed E-state index contributed by atoms with van der Waals surface area (Å²) >= 11 is 0. The van der Waals surface area contributed by atoms with Crippen molar-refractivity contribution < 1.29 is 13.2 Å². The molecule has 1 amide bonds. The lowest BCUT2D eigenvalue weighted by molar-refractivity contribution is -0.117. The molecule has 29 heavy (non-hydrogen) atoms.